The molecule has 0 atom stereocenters. The van der Waals surface area contributed by atoms with E-state index in [4.69, 9.17) is 4.74 Å². The molecule has 158 valence electrons. The number of thioether (sulfide) groups is 1. The molecule has 0 saturated carbocycles. The van der Waals surface area contributed by atoms with Crippen molar-refractivity contribution in [3.05, 3.63) is 62.0 Å². The molecule has 1 amide bonds. The molecule has 30 heavy (non-hydrogen) atoms. The lowest BCUT2D eigenvalue weighted by atomic mass is 10.1. The minimum atomic E-state index is -0.219. The molecule has 0 bridgehead atoms. The van der Waals surface area contributed by atoms with Gasteiger partial charge in [-0.15, -0.1) is 10.2 Å². The maximum atomic E-state index is 12.8. The lowest BCUT2D eigenvalue weighted by molar-refractivity contribution is -0.116. The quantitative estimate of drug-likeness (QED) is 0.557. The first-order valence-corrected chi connectivity index (χ1v) is 11.1. The molecule has 1 aromatic carbocycles. The number of anilines is 1. The summed E-state index contributed by atoms with van der Waals surface area (Å²) in [5.41, 5.74) is 4.49. The normalized spacial score (nSPS) is 10.8. The largest absolute Gasteiger partial charge is 0.491 e. The lowest BCUT2D eigenvalue weighted by Gasteiger charge is -2.16. The molecule has 3 rings (SSSR count). The highest BCUT2D eigenvalue weighted by Crippen LogP contribution is 2.26. The van der Waals surface area contributed by atoms with Gasteiger partial charge < -0.3 is 14.6 Å². The number of aromatic nitrogens is 3. The van der Waals surface area contributed by atoms with E-state index in [1.807, 2.05) is 39.8 Å². The fourth-order valence-corrected chi connectivity index (χ4v) is 5.01. The highest BCUT2D eigenvalue weighted by Gasteiger charge is 2.14. The van der Waals surface area contributed by atoms with Crippen molar-refractivity contribution in [1.82, 2.24) is 14.8 Å². The Morgan fingerprint density at radius 1 is 1.17 bits per heavy atom. The number of nitrogens with zero attached hydrogens (tertiary/aromatic N) is 3. The van der Waals surface area contributed by atoms with Crippen LogP contribution in [0.3, 0.4) is 0 Å². The van der Waals surface area contributed by atoms with Gasteiger partial charge >= 0.3 is 0 Å². The summed E-state index contributed by atoms with van der Waals surface area (Å²) in [6.07, 6.45) is 1.58. The van der Waals surface area contributed by atoms with Crippen LogP contribution in [-0.2, 0) is 17.1 Å². The minimum absolute atomic E-state index is 0.0639. The third-order valence-electron chi connectivity index (χ3n) is 4.51. The summed E-state index contributed by atoms with van der Waals surface area (Å²) in [6, 6.07) is 5.59. The molecule has 0 aliphatic rings. The van der Waals surface area contributed by atoms with Crippen molar-refractivity contribution in [3.8, 4) is 5.75 Å². The molecule has 0 saturated heterocycles. The molecular formula is C21H24N4O3S2. The standard InChI is InChI=1S/C21H24N4O3S2/c1-12-6-13(2)20(14(3)7-12)22-19(27)10-25-9-18(28-5)17(26)8-16(25)11-29-21-24-23-15(4)30-21/h6-9H,10-11H2,1-5H3,(H,22,27). The number of nitrogens with one attached hydrogen (secondary N) is 1. The molecule has 7 nitrogen and oxygen atoms in total. The van der Waals surface area contributed by atoms with Gasteiger partial charge in [-0.05, 0) is 38.8 Å². The van der Waals surface area contributed by atoms with Gasteiger partial charge in [0.2, 0.25) is 11.3 Å². The van der Waals surface area contributed by atoms with Gasteiger partial charge in [0.05, 0.1) is 13.3 Å². The second kappa shape index (κ2) is 9.44. The van der Waals surface area contributed by atoms with Crippen LogP contribution < -0.4 is 15.5 Å². The van der Waals surface area contributed by atoms with E-state index in [0.717, 1.165) is 31.7 Å². The number of hydrogen-bond acceptors (Lipinski definition) is 7. The van der Waals surface area contributed by atoms with Crippen LogP contribution in [0.2, 0.25) is 0 Å². The van der Waals surface area contributed by atoms with Crippen LogP contribution >= 0.6 is 23.1 Å². The zero-order chi connectivity index (χ0) is 21.8. The van der Waals surface area contributed by atoms with Crippen molar-refractivity contribution < 1.29 is 9.53 Å². The summed E-state index contributed by atoms with van der Waals surface area (Å²) in [4.78, 5) is 25.1. The van der Waals surface area contributed by atoms with Gasteiger partial charge in [0.15, 0.2) is 10.1 Å². The Balaban J connectivity index is 1.82. The van der Waals surface area contributed by atoms with Crippen LogP contribution in [0.15, 0.2) is 33.5 Å². The van der Waals surface area contributed by atoms with Crippen molar-refractivity contribution in [3.63, 3.8) is 0 Å². The van der Waals surface area contributed by atoms with Crippen LogP contribution in [0.1, 0.15) is 27.4 Å². The van der Waals surface area contributed by atoms with Crippen LogP contribution in [-0.4, -0.2) is 27.8 Å². The number of pyridine rings is 1. The number of amides is 1. The first kappa shape index (κ1) is 22.0. The lowest BCUT2D eigenvalue weighted by Crippen LogP contribution is -2.23. The Bertz CT molecular complexity index is 1110. The van der Waals surface area contributed by atoms with E-state index in [-0.39, 0.29) is 23.6 Å². The number of aryl methyl sites for hydroxylation is 4. The number of carbonyl (C=O) groups is 1. The molecule has 3 aromatic rings. The Labute approximate surface area is 183 Å². The van der Waals surface area contributed by atoms with Crippen LogP contribution in [0.4, 0.5) is 5.69 Å². The first-order chi connectivity index (χ1) is 14.3. The van der Waals surface area contributed by atoms with Gasteiger partial charge in [0.1, 0.15) is 11.6 Å². The second-order valence-electron chi connectivity index (χ2n) is 7.02. The predicted molar refractivity (Wildman–Crippen MR) is 121 cm³/mol. The average molecular weight is 445 g/mol. The average Bonchev–Trinajstić information content (AvgIpc) is 3.09. The summed E-state index contributed by atoms with van der Waals surface area (Å²) in [5.74, 6) is 0.517. The van der Waals surface area contributed by atoms with Crippen LogP contribution in [0.25, 0.3) is 0 Å². The van der Waals surface area contributed by atoms with E-state index in [2.05, 4.69) is 15.5 Å². The Morgan fingerprint density at radius 3 is 2.47 bits per heavy atom. The number of ether oxygens (including phenoxy) is 1. The molecule has 1 N–H and O–H groups in total. The van der Waals surface area contributed by atoms with Gasteiger partial charge in [-0.1, -0.05) is 40.8 Å². The number of carbonyl (C=O) groups excluding carboxylic acids is 1. The van der Waals surface area contributed by atoms with Crippen molar-refractivity contribution in [2.75, 3.05) is 12.4 Å². The highest BCUT2D eigenvalue weighted by atomic mass is 32.2. The molecule has 2 heterocycles. The predicted octanol–water partition coefficient (Wildman–Crippen LogP) is 3.87. The minimum Gasteiger partial charge on any atom is -0.491 e. The molecule has 0 spiro atoms. The number of methoxy groups -OCH3 is 1. The summed E-state index contributed by atoms with van der Waals surface area (Å²) in [5, 5.41) is 12.0. The Kier molecular flexibility index (Phi) is 6.94. The highest BCUT2D eigenvalue weighted by molar-refractivity contribution is 8.00. The zero-order valence-corrected chi connectivity index (χ0v) is 19.2. The van der Waals surface area contributed by atoms with Gasteiger partial charge in [0.25, 0.3) is 0 Å². The summed E-state index contributed by atoms with van der Waals surface area (Å²) >= 11 is 2.97. The first-order valence-electron chi connectivity index (χ1n) is 9.34. The fourth-order valence-electron chi connectivity index (χ4n) is 3.20. The monoisotopic (exact) mass is 444 g/mol. The summed E-state index contributed by atoms with van der Waals surface area (Å²) in [7, 11) is 1.44. The van der Waals surface area contributed by atoms with Crippen molar-refractivity contribution in [1.29, 1.82) is 0 Å². The van der Waals surface area contributed by atoms with Crippen molar-refractivity contribution in [2.24, 2.45) is 0 Å². The molecule has 0 radical (unpaired) electrons. The van der Waals surface area contributed by atoms with Gasteiger partial charge in [0, 0.05) is 23.2 Å². The smallest absolute Gasteiger partial charge is 0.244 e. The third kappa shape index (κ3) is 5.28. The molecule has 2 aromatic heterocycles. The SMILES string of the molecule is COc1cn(CC(=O)Nc2c(C)cc(C)cc2C)c(CSc2nnc(C)s2)cc1=O. The zero-order valence-electron chi connectivity index (χ0n) is 17.6. The summed E-state index contributed by atoms with van der Waals surface area (Å²) in [6.45, 7) is 7.94. The van der Waals surface area contributed by atoms with Crippen molar-refractivity contribution in [2.45, 2.75) is 44.3 Å². The maximum absolute atomic E-state index is 12.8. The molecule has 0 aliphatic carbocycles. The number of hydrogen-bond donors (Lipinski definition) is 1. The number of rotatable bonds is 7. The van der Waals surface area contributed by atoms with Crippen LogP contribution in [0.5, 0.6) is 5.75 Å². The third-order valence-corrected chi connectivity index (χ3v) is 6.51. The van der Waals surface area contributed by atoms with E-state index in [0.29, 0.717) is 11.4 Å². The fraction of sp³-hybridized carbons (Fsp3) is 0.333. The molecule has 0 aliphatic heterocycles. The van der Waals surface area contributed by atoms with Gasteiger partial charge in [-0.25, -0.2) is 0 Å². The second-order valence-corrected chi connectivity index (χ2v) is 9.43. The van der Waals surface area contributed by atoms with Crippen LogP contribution in [0, 0.1) is 27.7 Å². The van der Waals surface area contributed by atoms with E-state index in [1.54, 1.807) is 10.8 Å². The number of benzene rings is 1. The van der Waals surface area contributed by atoms with Gasteiger partial charge in [-0.2, -0.15) is 0 Å². The van der Waals surface area contributed by atoms with Crippen molar-refractivity contribution >= 4 is 34.7 Å². The van der Waals surface area contributed by atoms with E-state index < -0.39 is 0 Å². The van der Waals surface area contributed by atoms with E-state index in [1.165, 1.54) is 36.3 Å². The Morgan fingerprint density at radius 2 is 1.87 bits per heavy atom. The summed E-state index contributed by atoms with van der Waals surface area (Å²) < 4.78 is 7.73. The van der Waals surface area contributed by atoms with E-state index in [9.17, 15) is 9.59 Å². The molecule has 0 fully saturated rings. The van der Waals surface area contributed by atoms with E-state index >= 15 is 0 Å². The topological polar surface area (TPSA) is 86.1 Å². The van der Waals surface area contributed by atoms with Gasteiger partial charge in [-0.3, -0.25) is 9.59 Å². The maximum Gasteiger partial charge on any atom is 0.244 e. The molecular weight excluding hydrogens is 420 g/mol. The molecule has 9 heteroatoms. The molecule has 0 unspecified atom stereocenters. The Hall–Kier alpha value is -2.65.